The zero-order valence-corrected chi connectivity index (χ0v) is 8.09. The molecule has 78 valence electrons. The van der Waals surface area contributed by atoms with E-state index in [1.165, 1.54) is 0 Å². The van der Waals surface area contributed by atoms with Crippen molar-refractivity contribution in [1.29, 1.82) is 0 Å². The Morgan fingerprint density at radius 1 is 1.00 bits per heavy atom. The van der Waals surface area contributed by atoms with Crippen LogP contribution in [-0.2, 0) is 14.2 Å². The van der Waals surface area contributed by atoms with Crippen molar-refractivity contribution in [2.24, 2.45) is 0 Å². The van der Waals surface area contributed by atoms with Crippen molar-refractivity contribution < 1.29 is 24.4 Å². The standard InChI is InChI=1S/C7H14O5S/c8-1-2-10-3-4-11-5-6-12-7(9)13/h8H,1-6H2,(H,9,13). The molecule has 6 heteroatoms. The lowest BCUT2D eigenvalue weighted by atomic mass is 10.7. The molecule has 0 aromatic carbocycles. The second-order valence-electron chi connectivity index (χ2n) is 2.06. The minimum Gasteiger partial charge on any atom is -0.472 e. The van der Waals surface area contributed by atoms with Crippen LogP contribution in [-0.4, -0.2) is 55.1 Å². The van der Waals surface area contributed by atoms with E-state index in [0.717, 1.165) is 0 Å². The minimum absolute atomic E-state index is 0.0158. The quantitative estimate of drug-likeness (QED) is 0.430. The summed E-state index contributed by atoms with van der Waals surface area (Å²) >= 11 is 4.26. The Balaban J connectivity index is 2.87. The van der Waals surface area contributed by atoms with Crippen molar-refractivity contribution in [2.45, 2.75) is 0 Å². The fourth-order valence-electron chi connectivity index (χ4n) is 0.574. The Labute approximate surface area is 82.2 Å². The smallest absolute Gasteiger partial charge is 0.349 e. The van der Waals surface area contributed by atoms with Crippen molar-refractivity contribution >= 4 is 17.5 Å². The lowest BCUT2D eigenvalue weighted by Crippen LogP contribution is -2.12. The van der Waals surface area contributed by atoms with Gasteiger partial charge in [0.2, 0.25) is 0 Å². The number of hydrogen-bond acceptors (Lipinski definition) is 5. The highest BCUT2D eigenvalue weighted by molar-refractivity contribution is 7.79. The Morgan fingerprint density at radius 3 is 2.08 bits per heavy atom. The first-order valence-electron chi connectivity index (χ1n) is 3.89. The third kappa shape index (κ3) is 11.6. The molecule has 0 spiro atoms. The van der Waals surface area contributed by atoms with Gasteiger partial charge in [-0.05, 0) is 0 Å². The summed E-state index contributed by atoms with van der Waals surface area (Å²) < 4.78 is 14.5. The zero-order chi connectivity index (χ0) is 9.94. The summed E-state index contributed by atoms with van der Waals surface area (Å²) in [6.45, 7) is 1.78. The molecule has 0 fully saturated rings. The average Bonchev–Trinajstić information content (AvgIpc) is 2.09. The normalized spacial score (nSPS) is 9.92. The van der Waals surface area contributed by atoms with E-state index in [-0.39, 0.29) is 13.2 Å². The molecule has 0 saturated heterocycles. The van der Waals surface area contributed by atoms with Crippen LogP contribution in [0.1, 0.15) is 0 Å². The molecule has 5 nitrogen and oxygen atoms in total. The van der Waals surface area contributed by atoms with Gasteiger partial charge in [0.25, 0.3) is 0 Å². The summed E-state index contributed by atoms with van der Waals surface area (Å²) in [6, 6.07) is 0. The highest BCUT2D eigenvalue weighted by atomic mass is 32.1. The summed E-state index contributed by atoms with van der Waals surface area (Å²) in [5.41, 5.74) is 0. The van der Waals surface area contributed by atoms with Gasteiger partial charge in [-0.25, -0.2) is 0 Å². The first-order chi connectivity index (χ1) is 6.27. The summed E-state index contributed by atoms with van der Waals surface area (Å²) in [5.74, 6) is 0. The highest BCUT2D eigenvalue weighted by Gasteiger charge is 1.92. The molecule has 0 aliphatic heterocycles. The fraction of sp³-hybridized carbons (Fsp3) is 0.857. The molecule has 0 aliphatic carbocycles. The molecule has 0 heterocycles. The summed E-state index contributed by atoms with van der Waals surface area (Å²) in [7, 11) is 0. The maximum atomic E-state index is 8.43. The molecular weight excluding hydrogens is 196 g/mol. The van der Waals surface area contributed by atoms with E-state index < -0.39 is 5.24 Å². The van der Waals surface area contributed by atoms with Crippen LogP contribution in [0, 0.1) is 0 Å². The number of ether oxygens (including phenoxy) is 3. The molecule has 0 aromatic heterocycles. The highest BCUT2D eigenvalue weighted by Crippen LogP contribution is 1.81. The number of rotatable bonds is 8. The number of hydrogen-bond donors (Lipinski definition) is 2. The van der Waals surface area contributed by atoms with Crippen LogP contribution >= 0.6 is 12.2 Å². The van der Waals surface area contributed by atoms with Gasteiger partial charge in [-0.2, -0.15) is 0 Å². The second-order valence-corrected chi connectivity index (χ2v) is 2.41. The van der Waals surface area contributed by atoms with Crippen molar-refractivity contribution in [3.8, 4) is 0 Å². The molecule has 0 atom stereocenters. The van der Waals surface area contributed by atoms with Gasteiger partial charge in [0.15, 0.2) is 0 Å². The zero-order valence-electron chi connectivity index (χ0n) is 7.27. The van der Waals surface area contributed by atoms with Gasteiger partial charge < -0.3 is 24.4 Å². The minimum atomic E-state index is -0.472. The van der Waals surface area contributed by atoms with Crippen molar-refractivity contribution in [3.05, 3.63) is 0 Å². The molecule has 0 unspecified atom stereocenters. The fourth-order valence-corrected chi connectivity index (χ4v) is 0.658. The maximum Gasteiger partial charge on any atom is 0.349 e. The molecule has 0 bridgehead atoms. The van der Waals surface area contributed by atoms with Crippen molar-refractivity contribution in [3.63, 3.8) is 0 Å². The second kappa shape index (κ2) is 9.66. The monoisotopic (exact) mass is 210 g/mol. The van der Waals surface area contributed by atoms with Gasteiger partial charge in [-0.3, -0.25) is 0 Å². The van der Waals surface area contributed by atoms with E-state index in [2.05, 4.69) is 17.0 Å². The Kier molecular flexibility index (Phi) is 9.34. The van der Waals surface area contributed by atoms with Crippen molar-refractivity contribution in [1.82, 2.24) is 0 Å². The van der Waals surface area contributed by atoms with Crippen LogP contribution in [0.25, 0.3) is 0 Å². The van der Waals surface area contributed by atoms with Gasteiger partial charge in [0.1, 0.15) is 6.61 Å². The summed E-state index contributed by atoms with van der Waals surface area (Å²) in [5, 5.41) is 16.3. The molecule has 0 aliphatic rings. The Morgan fingerprint density at radius 2 is 1.54 bits per heavy atom. The van der Waals surface area contributed by atoms with Gasteiger partial charge in [-0.15, -0.1) is 0 Å². The van der Waals surface area contributed by atoms with Gasteiger partial charge in [0, 0.05) is 12.2 Å². The Hall–Kier alpha value is -0.430. The van der Waals surface area contributed by atoms with Crippen LogP contribution in [0.15, 0.2) is 0 Å². The van der Waals surface area contributed by atoms with Crippen LogP contribution in [0.4, 0.5) is 0 Å². The molecule has 0 rings (SSSR count). The predicted octanol–water partition coefficient (Wildman–Crippen LogP) is -0.129. The summed E-state index contributed by atoms with van der Waals surface area (Å²) in [4.78, 5) is 0. The van der Waals surface area contributed by atoms with Gasteiger partial charge in [-0.1, -0.05) is 0 Å². The van der Waals surface area contributed by atoms with Crippen molar-refractivity contribution in [2.75, 3.05) is 39.6 Å². The van der Waals surface area contributed by atoms with Crippen LogP contribution in [0.5, 0.6) is 0 Å². The largest absolute Gasteiger partial charge is 0.472 e. The van der Waals surface area contributed by atoms with E-state index >= 15 is 0 Å². The van der Waals surface area contributed by atoms with E-state index in [1.807, 2.05) is 0 Å². The maximum absolute atomic E-state index is 8.43. The summed E-state index contributed by atoms with van der Waals surface area (Å²) in [6.07, 6.45) is 0. The van der Waals surface area contributed by atoms with Crippen LogP contribution < -0.4 is 0 Å². The van der Waals surface area contributed by atoms with E-state index in [1.54, 1.807) is 0 Å². The molecule has 0 radical (unpaired) electrons. The van der Waals surface area contributed by atoms with E-state index in [9.17, 15) is 0 Å². The topological polar surface area (TPSA) is 68.2 Å². The lowest BCUT2D eigenvalue weighted by Gasteiger charge is -2.04. The number of aliphatic hydroxyl groups excluding tert-OH is 2. The average molecular weight is 210 g/mol. The van der Waals surface area contributed by atoms with Crippen LogP contribution in [0.2, 0.25) is 0 Å². The molecule has 0 amide bonds. The molecule has 0 aromatic rings. The molecular formula is C7H14O5S. The SMILES string of the molecule is OCCOCCOCCOC(O)=S. The van der Waals surface area contributed by atoms with E-state index in [4.69, 9.17) is 19.7 Å². The molecule has 2 N–H and O–H groups in total. The van der Waals surface area contributed by atoms with Crippen LogP contribution in [0.3, 0.4) is 0 Å². The van der Waals surface area contributed by atoms with E-state index in [0.29, 0.717) is 26.4 Å². The third-order valence-corrected chi connectivity index (χ3v) is 1.18. The third-order valence-electron chi connectivity index (χ3n) is 1.06. The molecule has 0 saturated carbocycles. The first-order valence-corrected chi connectivity index (χ1v) is 4.30. The number of aliphatic hydroxyl groups is 2. The predicted molar refractivity (Wildman–Crippen MR) is 49.9 cm³/mol. The number of thiocarbonyl (C=S) groups is 1. The van der Waals surface area contributed by atoms with Gasteiger partial charge >= 0.3 is 5.24 Å². The Bertz CT molecular complexity index is 130. The lowest BCUT2D eigenvalue weighted by molar-refractivity contribution is 0.0217. The first kappa shape index (κ1) is 12.6. The van der Waals surface area contributed by atoms with Gasteiger partial charge in [0.05, 0.1) is 33.0 Å². The molecule has 13 heavy (non-hydrogen) atoms.